The lowest BCUT2D eigenvalue weighted by Gasteiger charge is -2.27. The number of hydrogen-bond acceptors (Lipinski definition) is 2. The summed E-state index contributed by atoms with van der Waals surface area (Å²) in [5, 5.41) is 3.24. The highest BCUT2D eigenvalue weighted by Gasteiger charge is 2.23. The van der Waals surface area contributed by atoms with E-state index >= 15 is 0 Å². The highest BCUT2D eigenvalue weighted by atomic mass is 35.5. The minimum absolute atomic E-state index is 0. The summed E-state index contributed by atoms with van der Waals surface area (Å²) in [6.07, 6.45) is 2.01. The number of nitrogens with one attached hydrogen (secondary N) is 1. The lowest BCUT2D eigenvalue weighted by molar-refractivity contribution is -0.135. The highest BCUT2D eigenvalue weighted by Crippen LogP contribution is 2.14. The second-order valence-electron chi connectivity index (χ2n) is 4.86. The van der Waals surface area contributed by atoms with Gasteiger partial charge in [-0.1, -0.05) is 12.1 Å². The molecule has 1 fully saturated rings. The van der Waals surface area contributed by atoms with E-state index in [1.54, 1.807) is 24.1 Å². The fourth-order valence-corrected chi connectivity index (χ4v) is 2.32. The number of carbonyl (C=O) groups is 1. The van der Waals surface area contributed by atoms with Crippen molar-refractivity contribution in [1.82, 2.24) is 10.2 Å². The van der Waals surface area contributed by atoms with Crippen LogP contribution in [0.2, 0.25) is 0 Å². The van der Waals surface area contributed by atoms with Gasteiger partial charge in [0.2, 0.25) is 5.91 Å². The van der Waals surface area contributed by atoms with E-state index in [1.807, 2.05) is 0 Å². The molecule has 0 bridgehead atoms. The molecule has 0 radical (unpaired) electrons. The number of benzene rings is 1. The zero-order valence-electron chi connectivity index (χ0n) is 11.1. The first-order chi connectivity index (χ1) is 8.66. The van der Waals surface area contributed by atoms with Gasteiger partial charge >= 0.3 is 0 Å². The standard InChI is InChI=1S/C14H19FN2O.ClH/c1-17(10-11-4-6-13(15)7-5-11)14(18)12-3-2-8-16-9-12;/h4-7,12,16H,2-3,8-10H2,1H3;1H. The maximum absolute atomic E-state index is 12.8. The maximum Gasteiger partial charge on any atom is 0.227 e. The predicted octanol–water partition coefficient (Wildman–Crippen LogP) is 2.21. The summed E-state index contributed by atoms with van der Waals surface area (Å²) >= 11 is 0. The van der Waals surface area contributed by atoms with Gasteiger partial charge in [-0.25, -0.2) is 4.39 Å². The van der Waals surface area contributed by atoms with E-state index in [0.717, 1.165) is 31.5 Å². The third-order valence-corrected chi connectivity index (χ3v) is 3.36. The molecule has 2 rings (SSSR count). The summed E-state index contributed by atoms with van der Waals surface area (Å²) in [6.45, 7) is 2.31. The molecule has 0 aliphatic carbocycles. The SMILES string of the molecule is CN(Cc1ccc(F)cc1)C(=O)C1CCCNC1.Cl. The van der Waals surface area contributed by atoms with E-state index in [-0.39, 0.29) is 30.0 Å². The van der Waals surface area contributed by atoms with Crippen LogP contribution in [0.5, 0.6) is 0 Å². The smallest absolute Gasteiger partial charge is 0.227 e. The lowest BCUT2D eigenvalue weighted by Crippen LogP contribution is -2.41. The summed E-state index contributed by atoms with van der Waals surface area (Å²) < 4.78 is 12.8. The number of halogens is 2. The number of nitrogens with zero attached hydrogens (tertiary/aromatic N) is 1. The molecule has 1 aromatic rings. The van der Waals surface area contributed by atoms with Crippen LogP contribution in [-0.4, -0.2) is 30.9 Å². The van der Waals surface area contributed by atoms with Crippen molar-refractivity contribution in [3.63, 3.8) is 0 Å². The van der Waals surface area contributed by atoms with Crippen molar-refractivity contribution in [2.24, 2.45) is 5.92 Å². The van der Waals surface area contributed by atoms with E-state index in [4.69, 9.17) is 0 Å². The molecule has 1 aromatic carbocycles. The Morgan fingerprint density at radius 3 is 2.68 bits per heavy atom. The molecule has 1 atom stereocenters. The monoisotopic (exact) mass is 286 g/mol. The van der Waals surface area contributed by atoms with Crippen molar-refractivity contribution in [2.45, 2.75) is 19.4 Å². The minimum atomic E-state index is -0.246. The van der Waals surface area contributed by atoms with Crippen molar-refractivity contribution >= 4 is 18.3 Å². The second kappa shape index (κ2) is 7.46. The maximum atomic E-state index is 12.8. The molecule has 0 saturated carbocycles. The summed E-state index contributed by atoms with van der Waals surface area (Å²) in [7, 11) is 1.81. The zero-order chi connectivity index (χ0) is 13.0. The molecular weight excluding hydrogens is 267 g/mol. The number of hydrogen-bond donors (Lipinski definition) is 1. The van der Waals surface area contributed by atoms with Gasteiger partial charge in [0.25, 0.3) is 0 Å². The van der Waals surface area contributed by atoms with Gasteiger partial charge in [-0.15, -0.1) is 12.4 Å². The summed E-state index contributed by atoms with van der Waals surface area (Å²) in [4.78, 5) is 13.9. The molecule has 1 heterocycles. The Bertz CT molecular complexity index is 404. The Morgan fingerprint density at radius 1 is 1.42 bits per heavy atom. The van der Waals surface area contributed by atoms with Crippen LogP contribution in [0, 0.1) is 11.7 Å². The minimum Gasteiger partial charge on any atom is -0.341 e. The Hall–Kier alpha value is -1.13. The Kier molecular flexibility index (Phi) is 6.25. The van der Waals surface area contributed by atoms with Crippen molar-refractivity contribution in [3.05, 3.63) is 35.6 Å². The normalized spacial score (nSPS) is 18.5. The van der Waals surface area contributed by atoms with Gasteiger partial charge < -0.3 is 10.2 Å². The van der Waals surface area contributed by atoms with Gasteiger partial charge in [0.1, 0.15) is 5.82 Å². The molecule has 1 unspecified atom stereocenters. The quantitative estimate of drug-likeness (QED) is 0.924. The van der Waals surface area contributed by atoms with Gasteiger partial charge in [0, 0.05) is 20.1 Å². The number of amides is 1. The van der Waals surface area contributed by atoms with Crippen LogP contribution < -0.4 is 5.32 Å². The third-order valence-electron chi connectivity index (χ3n) is 3.36. The number of carbonyl (C=O) groups excluding carboxylic acids is 1. The Balaban J connectivity index is 0.00000180. The molecule has 1 saturated heterocycles. The van der Waals surface area contributed by atoms with Crippen molar-refractivity contribution in [1.29, 1.82) is 0 Å². The topological polar surface area (TPSA) is 32.3 Å². The average Bonchev–Trinajstić information content (AvgIpc) is 2.41. The number of piperidine rings is 1. The zero-order valence-corrected chi connectivity index (χ0v) is 11.9. The fraction of sp³-hybridized carbons (Fsp3) is 0.500. The molecular formula is C14H20ClFN2O. The van der Waals surface area contributed by atoms with Crippen LogP contribution in [0.15, 0.2) is 24.3 Å². The fourth-order valence-electron chi connectivity index (χ4n) is 2.32. The molecule has 19 heavy (non-hydrogen) atoms. The molecule has 0 spiro atoms. The highest BCUT2D eigenvalue weighted by molar-refractivity contribution is 5.85. The molecule has 1 N–H and O–H groups in total. The van der Waals surface area contributed by atoms with Crippen molar-refractivity contribution in [2.75, 3.05) is 20.1 Å². The van der Waals surface area contributed by atoms with Gasteiger partial charge in [0.15, 0.2) is 0 Å². The van der Waals surface area contributed by atoms with E-state index in [2.05, 4.69) is 5.32 Å². The van der Waals surface area contributed by atoms with E-state index in [0.29, 0.717) is 6.54 Å². The van der Waals surface area contributed by atoms with E-state index in [1.165, 1.54) is 12.1 Å². The molecule has 5 heteroatoms. The predicted molar refractivity (Wildman–Crippen MR) is 75.7 cm³/mol. The first kappa shape index (κ1) is 15.9. The summed E-state index contributed by atoms with van der Waals surface area (Å²) in [5.41, 5.74) is 0.955. The van der Waals surface area contributed by atoms with E-state index < -0.39 is 0 Å². The van der Waals surface area contributed by atoms with Crippen LogP contribution >= 0.6 is 12.4 Å². The van der Waals surface area contributed by atoms with Crippen LogP contribution in [0.4, 0.5) is 4.39 Å². The van der Waals surface area contributed by atoms with E-state index in [9.17, 15) is 9.18 Å². The largest absolute Gasteiger partial charge is 0.341 e. The summed E-state index contributed by atoms with van der Waals surface area (Å²) in [5.74, 6) is 0.0138. The van der Waals surface area contributed by atoms with Gasteiger partial charge in [0.05, 0.1) is 5.92 Å². The van der Waals surface area contributed by atoms with Gasteiger partial charge in [-0.2, -0.15) is 0 Å². The van der Waals surface area contributed by atoms with Crippen LogP contribution in [-0.2, 0) is 11.3 Å². The van der Waals surface area contributed by atoms with Crippen LogP contribution in [0.3, 0.4) is 0 Å². The molecule has 106 valence electrons. The first-order valence-electron chi connectivity index (χ1n) is 6.37. The lowest BCUT2D eigenvalue weighted by atomic mass is 9.98. The number of rotatable bonds is 3. The van der Waals surface area contributed by atoms with Crippen molar-refractivity contribution in [3.8, 4) is 0 Å². The second-order valence-corrected chi connectivity index (χ2v) is 4.86. The van der Waals surface area contributed by atoms with Gasteiger partial charge in [-0.05, 0) is 37.1 Å². The molecule has 1 aliphatic heterocycles. The summed E-state index contributed by atoms with van der Waals surface area (Å²) in [6, 6.07) is 6.29. The third kappa shape index (κ3) is 4.48. The van der Waals surface area contributed by atoms with Crippen molar-refractivity contribution < 1.29 is 9.18 Å². The molecule has 3 nitrogen and oxygen atoms in total. The Morgan fingerprint density at radius 2 is 2.11 bits per heavy atom. The molecule has 1 aliphatic rings. The van der Waals surface area contributed by atoms with Gasteiger partial charge in [-0.3, -0.25) is 4.79 Å². The molecule has 0 aromatic heterocycles. The van der Waals surface area contributed by atoms with Crippen LogP contribution in [0.1, 0.15) is 18.4 Å². The molecule has 1 amide bonds. The first-order valence-corrected chi connectivity index (χ1v) is 6.37. The average molecular weight is 287 g/mol. The Labute approximate surface area is 119 Å². The van der Waals surface area contributed by atoms with Crippen LogP contribution in [0.25, 0.3) is 0 Å².